The molecule has 0 bridgehead atoms. The predicted octanol–water partition coefficient (Wildman–Crippen LogP) is 1.73. The molecule has 0 heterocycles. The van der Waals surface area contributed by atoms with Crippen LogP contribution in [0.5, 0.6) is 0 Å². The van der Waals surface area contributed by atoms with Gasteiger partial charge < -0.3 is 20.8 Å². The highest BCUT2D eigenvalue weighted by molar-refractivity contribution is 7.56. The van der Waals surface area contributed by atoms with E-state index in [1.807, 2.05) is 0 Å². The van der Waals surface area contributed by atoms with Crippen molar-refractivity contribution in [1.29, 1.82) is 0 Å². The van der Waals surface area contributed by atoms with E-state index in [2.05, 4.69) is 19.2 Å². The van der Waals surface area contributed by atoms with Crippen molar-refractivity contribution in [3.05, 3.63) is 11.4 Å². The molecule has 1 aliphatic carbocycles. The second kappa shape index (κ2) is 7.54. The molecule has 0 fully saturated rings. The monoisotopic (exact) mass is 318 g/mol. The van der Waals surface area contributed by atoms with E-state index in [-0.39, 0.29) is 35.6 Å². The van der Waals surface area contributed by atoms with E-state index in [0.717, 1.165) is 12.8 Å². The Balaban J connectivity index is 2.96. The molecule has 0 aromatic heterocycles. The molecule has 0 unspecified atom stereocenters. The zero-order valence-corrected chi connectivity index (χ0v) is 13.8. The zero-order chi connectivity index (χ0) is 16.2. The predicted molar refractivity (Wildman–Crippen MR) is 82.5 cm³/mol. The van der Waals surface area contributed by atoms with E-state index < -0.39 is 7.60 Å². The van der Waals surface area contributed by atoms with Crippen LogP contribution in [0, 0.1) is 11.8 Å². The normalized spacial score (nSPS) is 24.6. The van der Waals surface area contributed by atoms with Gasteiger partial charge in [0.2, 0.25) is 5.91 Å². The average molecular weight is 318 g/mol. The molecule has 1 amide bonds. The summed E-state index contributed by atoms with van der Waals surface area (Å²) in [5.74, 6) is 0.230. The Kier molecular flexibility index (Phi) is 6.60. The minimum atomic E-state index is -4.21. The van der Waals surface area contributed by atoms with Gasteiger partial charge in [0.05, 0.1) is 0 Å². The number of amides is 1. The molecule has 0 aliphatic heterocycles. The van der Waals surface area contributed by atoms with Crippen LogP contribution in [0.1, 0.15) is 46.5 Å². The summed E-state index contributed by atoms with van der Waals surface area (Å²) in [7, 11) is -4.21. The van der Waals surface area contributed by atoms with Crippen LogP contribution in [0.25, 0.3) is 0 Å². The lowest BCUT2D eigenvalue weighted by Crippen LogP contribution is -2.51. The molecule has 0 radical (unpaired) electrons. The lowest BCUT2D eigenvalue weighted by atomic mass is 9.76. The third-order valence-electron chi connectivity index (χ3n) is 4.38. The first-order valence-corrected chi connectivity index (χ1v) is 9.09. The Morgan fingerprint density at radius 1 is 1.48 bits per heavy atom. The molecule has 0 aromatic carbocycles. The third-order valence-corrected chi connectivity index (χ3v) is 5.50. The van der Waals surface area contributed by atoms with Crippen LogP contribution < -0.4 is 11.1 Å². The summed E-state index contributed by atoms with van der Waals surface area (Å²) in [6.07, 6.45) is 4.14. The maximum absolute atomic E-state index is 11.5. The maximum Gasteiger partial charge on any atom is 0.351 e. The van der Waals surface area contributed by atoms with Crippen LogP contribution in [0.2, 0.25) is 0 Å². The van der Waals surface area contributed by atoms with E-state index in [4.69, 9.17) is 5.73 Å². The minimum Gasteiger partial charge on any atom is -0.353 e. The molecule has 3 atom stereocenters. The molecule has 1 rings (SSSR count). The van der Waals surface area contributed by atoms with Crippen LogP contribution in [-0.4, -0.2) is 27.8 Å². The van der Waals surface area contributed by atoms with Crippen molar-refractivity contribution in [3.63, 3.8) is 0 Å². The van der Waals surface area contributed by atoms with Crippen LogP contribution >= 0.6 is 7.60 Å². The highest BCUT2D eigenvalue weighted by atomic mass is 31.2. The molecule has 122 valence electrons. The molecule has 0 saturated carbocycles. The van der Waals surface area contributed by atoms with Crippen LogP contribution in [-0.2, 0) is 9.36 Å². The topological polar surface area (TPSA) is 113 Å². The van der Waals surface area contributed by atoms with Gasteiger partial charge in [-0.15, -0.1) is 0 Å². The van der Waals surface area contributed by atoms with Crippen LogP contribution in [0.15, 0.2) is 11.4 Å². The summed E-state index contributed by atoms with van der Waals surface area (Å²) in [6, 6.07) is -0.405. The van der Waals surface area contributed by atoms with Crippen molar-refractivity contribution in [2.75, 3.05) is 0 Å². The molecular weight excluding hydrogens is 291 g/mol. The SMILES string of the molecule is CCC(CC)[C@H](NC(C)=O)[C@H]1CC=C(P(=O)(O)O)C[C@@H]1N. The Morgan fingerprint density at radius 3 is 2.43 bits per heavy atom. The third kappa shape index (κ3) is 4.92. The molecular formula is C14H27N2O4P. The van der Waals surface area contributed by atoms with Crippen molar-refractivity contribution in [3.8, 4) is 0 Å². The second-order valence-electron chi connectivity index (χ2n) is 5.81. The summed E-state index contributed by atoms with van der Waals surface area (Å²) in [5, 5.41) is 3.12. The Morgan fingerprint density at radius 2 is 2.05 bits per heavy atom. The van der Waals surface area contributed by atoms with Crippen molar-refractivity contribution >= 4 is 13.5 Å². The van der Waals surface area contributed by atoms with Gasteiger partial charge in [0.25, 0.3) is 0 Å². The summed E-state index contributed by atoms with van der Waals surface area (Å²) in [5.41, 5.74) is 6.15. The molecule has 6 nitrogen and oxygen atoms in total. The van der Waals surface area contributed by atoms with Gasteiger partial charge >= 0.3 is 7.60 Å². The van der Waals surface area contributed by atoms with Gasteiger partial charge in [0.1, 0.15) is 0 Å². The number of allylic oxidation sites excluding steroid dienone is 1. The number of nitrogens with one attached hydrogen (secondary N) is 1. The summed E-state index contributed by atoms with van der Waals surface area (Å²) in [4.78, 5) is 30.0. The first-order chi connectivity index (χ1) is 9.70. The molecule has 0 spiro atoms. The average Bonchev–Trinajstić information content (AvgIpc) is 2.37. The standard InChI is InChI=1S/C14H27N2O4P/c1-4-10(5-2)14(16-9(3)17)12-7-6-11(8-13(12)15)21(18,19)20/h6,10,12-14H,4-5,7-8,15H2,1-3H3,(H,16,17)(H2,18,19,20)/t12-,13-,14-/m0/s1. The molecule has 7 heteroatoms. The highest BCUT2D eigenvalue weighted by Crippen LogP contribution is 2.50. The van der Waals surface area contributed by atoms with Crippen molar-refractivity contribution in [2.45, 2.75) is 58.5 Å². The Hall–Kier alpha value is -0.680. The second-order valence-corrected chi connectivity index (χ2v) is 7.47. The maximum atomic E-state index is 11.5. The fraction of sp³-hybridized carbons (Fsp3) is 0.786. The van der Waals surface area contributed by atoms with Gasteiger partial charge in [-0.1, -0.05) is 32.8 Å². The summed E-state index contributed by atoms with van der Waals surface area (Å²) in [6.45, 7) is 5.64. The van der Waals surface area contributed by atoms with E-state index in [1.54, 1.807) is 6.08 Å². The van der Waals surface area contributed by atoms with Crippen molar-refractivity contribution in [2.24, 2.45) is 17.6 Å². The van der Waals surface area contributed by atoms with Gasteiger partial charge in [-0.2, -0.15) is 0 Å². The molecule has 5 N–H and O–H groups in total. The van der Waals surface area contributed by atoms with Crippen molar-refractivity contribution < 1.29 is 19.1 Å². The lowest BCUT2D eigenvalue weighted by Gasteiger charge is -2.38. The smallest absolute Gasteiger partial charge is 0.351 e. The lowest BCUT2D eigenvalue weighted by molar-refractivity contribution is -0.120. The molecule has 21 heavy (non-hydrogen) atoms. The first kappa shape index (κ1) is 18.4. The molecule has 0 aromatic rings. The van der Waals surface area contributed by atoms with Gasteiger partial charge in [0.15, 0.2) is 0 Å². The van der Waals surface area contributed by atoms with Crippen molar-refractivity contribution in [1.82, 2.24) is 5.32 Å². The minimum absolute atomic E-state index is 0.00843. The Bertz CT molecular complexity index is 442. The fourth-order valence-electron chi connectivity index (χ4n) is 3.18. The largest absolute Gasteiger partial charge is 0.353 e. The summed E-state index contributed by atoms with van der Waals surface area (Å²) >= 11 is 0. The van der Waals surface area contributed by atoms with E-state index in [9.17, 15) is 19.1 Å². The number of carbonyl (C=O) groups excluding carboxylic acids is 1. The van der Waals surface area contributed by atoms with Gasteiger partial charge in [0, 0.05) is 24.3 Å². The molecule has 1 aliphatic rings. The van der Waals surface area contributed by atoms with Gasteiger partial charge in [-0.25, -0.2) is 0 Å². The van der Waals surface area contributed by atoms with E-state index >= 15 is 0 Å². The number of carbonyl (C=O) groups is 1. The number of rotatable bonds is 6. The van der Waals surface area contributed by atoms with Gasteiger partial charge in [-0.3, -0.25) is 9.36 Å². The highest BCUT2D eigenvalue weighted by Gasteiger charge is 2.37. The van der Waals surface area contributed by atoms with E-state index in [1.165, 1.54) is 6.92 Å². The summed E-state index contributed by atoms with van der Waals surface area (Å²) < 4.78 is 11.3. The van der Waals surface area contributed by atoms with Crippen LogP contribution in [0.4, 0.5) is 0 Å². The number of hydrogen-bond donors (Lipinski definition) is 4. The quantitative estimate of drug-likeness (QED) is 0.557. The Labute approximate surface area is 126 Å². The van der Waals surface area contributed by atoms with Crippen LogP contribution in [0.3, 0.4) is 0 Å². The number of nitrogens with two attached hydrogens (primary N) is 1. The molecule has 0 saturated heterocycles. The fourth-order valence-corrected chi connectivity index (χ4v) is 3.97. The zero-order valence-electron chi connectivity index (χ0n) is 13.0. The van der Waals surface area contributed by atoms with Gasteiger partial charge in [-0.05, 0) is 24.7 Å². The van der Waals surface area contributed by atoms with E-state index in [0.29, 0.717) is 12.3 Å². The first-order valence-electron chi connectivity index (χ1n) is 7.48. The number of hydrogen-bond acceptors (Lipinski definition) is 3.